The molecule has 2 aromatic carbocycles. The van der Waals surface area contributed by atoms with Gasteiger partial charge in [-0.2, -0.15) is 0 Å². The molecule has 2 aromatic heterocycles. The SMILES string of the molecule is CCC(=O)N(c1nnc(SCC(=O)c2c(-c3ccccc3)n(C)c3ccccc23)s1)C1CC1. The molecule has 4 aromatic rings. The fourth-order valence-corrected chi connectivity index (χ4v) is 5.94. The van der Waals surface area contributed by atoms with Crippen molar-refractivity contribution in [1.82, 2.24) is 14.8 Å². The van der Waals surface area contributed by atoms with Crippen molar-refractivity contribution >= 4 is 50.8 Å². The molecular formula is C25H24N4O2S2. The molecule has 5 rings (SSSR count). The Balaban J connectivity index is 1.42. The molecule has 8 heteroatoms. The summed E-state index contributed by atoms with van der Waals surface area (Å²) >= 11 is 2.77. The van der Waals surface area contributed by atoms with Crippen LogP contribution in [0.2, 0.25) is 0 Å². The van der Waals surface area contributed by atoms with Crippen LogP contribution in [0, 0.1) is 0 Å². The van der Waals surface area contributed by atoms with E-state index in [1.54, 1.807) is 4.90 Å². The van der Waals surface area contributed by atoms with Crippen LogP contribution in [0.15, 0.2) is 58.9 Å². The van der Waals surface area contributed by atoms with Gasteiger partial charge in [0.1, 0.15) is 0 Å². The molecular weight excluding hydrogens is 452 g/mol. The third-order valence-corrected chi connectivity index (χ3v) is 7.90. The second-order valence-electron chi connectivity index (χ2n) is 8.08. The van der Waals surface area contributed by atoms with Gasteiger partial charge in [0.05, 0.1) is 17.0 Å². The molecule has 1 saturated carbocycles. The first-order valence-electron chi connectivity index (χ1n) is 11.0. The van der Waals surface area contributed by atoms with Gasteiger partial charge in [0.25, 0.3) is 0 Å². The van der Waals surface area contributed by atoms with Crippen molar-refractivity contribution in [3.05, 3.63) is 60.2 Å². The number of carbonyl (C=O) groups excluding carboxylic acids is 2. The summed E-state index contributed by atoms with van der Waals surface area (Å²) in [6.07, 6.45) is 2.46. The minimum absolute atomic E-state index is 0.0519. The van der Waals surface area contributed by atoms with Gasteiger partial charge in [-0.3, -0.25) is 14.5 Å². The number of amides is 1. The second-order valence-corrected chi connectivity index (χ2v) is 10.3. The highest BCUT2D eigenvalue weighted by Crippen LogP contribution is 2.38. The van der Waals surface area contributed by atoms with E-state index in [0.717, 1.165) is 40.6 Å². The predicted molar refractivity (Wildman–Crippen MR) is 134 cm³/mol. The first-order chi connectivity index (χ1) is 16.1. The van der Waals surface area contributed by atoms with E-state index in [-0.39, 0.29) is 23.5 Å². The van der Waals surface area contributed by atoms with E-state index < -0.39 is 0 Å². The zero-order valence-electron chi connectivity index (χ0n) is 18.5. The Morgan fingerprint density at radius 2 is 1.82 bits per heavy atom. The number of aryl methyl sites for hydroxylation is 1. The first-order valence-corrected chi connectivity index (χ1v) is 12.8. The molecule has 1 fully saturated rings. The van der Waals surface area contributed by atoms with Crippen molar-refractivity contribution in [2.75, 3.05) is 10.7 Å². The number of anilines is 1. The number of aromatic nitrogens is 3. The van der Waals surface area contributed by atoms with Crippen molar-refractivity contribution < 1.29 is 9.59 Å². The number of hydrogen-bond acceptors (Lipinski definition) is 6. The van der Waals surface area contributed by atoms with Gasteiger partial charge in [-0.15, -0.1) is 10.2 Å². The van der Waals surface area contributed by atoms with Crippen LogP contribution in [0.4, 0.5) is 5.13 Å². The average Bonchev–Trinajstić information content (AvgIpc) is 3.49. The van der Waals surface area contributed by atoms with Crippen LogP contribution in [0.1, 0.15) is 36.5 Å². The number of hydrogen-bond donors (Lipinski definition) is 0. The molecule has 0 atom stereocenters. The highest BCUT2D eigenvalue weighted by molar-refractivity contribution is 8.01. The average molecular weight is 477 g/mol. The fourth-order valence-electron chi connectivity index (χ4n) is 4.14. The molecule has 0 N–H and O–H groups in total. The van der Waals surface area contributed by atoms with Gasteiger partial charge in [0.15, 0.2) is 10.1 Å². The number of rotatable bonds is 8. The molecule has 1 aliphatic carbocycles. The molecule has 1 aliphatic rings. The summed E-state index contributed by atoms with van der Waals surface area (Å²) in [6, 6.07) is 18.3. The molecule has 168 valence electrons. The van der Waals surface area contributed by atoms with E-state index in [1.807, 2.05) is 68.6 Å². The number of Topliss-reactive ketones (excluding diaryl/α,β-unsaturated/α-hetero) is 1. The van der Waals surface area contributed by atoms with Crippen LogP contribution >= 0.6 is 23.1 Å². The quantitative estimate of drug-likeness (QED) is 0.189. The Morgan fingerprint density at radius 3 is 2.55 bits per heavy atom. The second kappa shape index (κ2) is 9.11. The van der Waals surface area contributed by atoms with Crippen LogP contribution < -0.4 is 4.90 Å². The van der Waals surface area contributed by atoms with E-state index >= 15 is 0 Å². The van der Waals surface area contributed by atoms with Gasteiger partial charge in [-0.05, 0) is 24.5 Å². The van der Waals surface area contributed by atoms with E-state index in [1.165, 1.54) is 23.1 Å². The number of benzene rings is 2. The highest BCUT2D eigenvalue weighted by Gasteiger charge is 2.35. The van der Waals surface area contributed by atoms with Crippen molar-refractivity contribution in [1.29, 1.82) is 0 Å². The number of ketones is 1. The monoisotopic (exact) mass is 476 g/mol. The molecule has 1 amide bonds. The lowest BCUT2D eigenvalue weighted by Gasteiger charge is -2.17. The lowest BCUT2D eigenvalue weighted by atomic mass is 10.0. The summed E-state index contributed by atoms with van der Waals surface area (Å²) < 4.78 is 2.80. The molecule has 0 bridgehead atoms. The number of thioether (sulfide) groups is 1. The number of nitrogens with zero attached hydrogens (tertiary/aromatic N) is 4. The smallest absolute Gasteiger partial charge is 0.228 e. The summed E-state index contributed by atoms with van der Waals surface area (Å²) in [4.78, 5) is 27.6. The maximum Gasteiger partial charge on any atom is 0.228 e. The van der Waals surface area contributed by atoms with Crippen LogP contribution in [0.3, 0.4) is 0 Å². The summed E-state index contributed by atoms with van der Waals surface area (Å²) in [5.74, 6) is 0.383. The molecule has 0 aliphatic heterocycles. The molecule has 0 saturated heterocycles. The summed E-state index contributed by atoms with van der Waals surface area (Å²) in [5, 5.41) is 10.1. The molecule has 0 unspecified atom stereocenters. The standard InChI is InChI=1S/C25H24N4O2S2/c1-3-21(31)29(17-13-14-17)24-26-27-25(33-24)32-15-20(30)22-18-11-7-8-12-19(18)28(2)23(22)16-9-5-4-6-10-16/h4-12,17H,3,13-15H2,1-2H3. The molecule has 0 spiro atoms. The third-order valence-electron chi connectivity index (χ3n) is 5.84. The van der Waals surface area contributed by atoms with Gasteiger partial charge >= 0.3 is 0 Å². The van der Waals surface area contributed by atoms with Crippen molar-refractivity contribution in [2.24, 2.45) is 7.05 Å². The van der Waals surface area contributed by atoms with Gasteiger partial charge in [-0.1, -0.05) is 78.6 Å². The Labute approximate surface area is 200 Å². The summed E-state index contributed by atoms with van der Waals surface area (Å²) in [5.41, 5.74) is 3.70. The highest BCUT2D eigenvalue weighted by atomic mass is 32.2. The first kappa shape index (κ1) is 21.9. The van der Waals surface area contributed by atoms with E-state index in [9.17, 15) is 9.59 Å². The van der Waals surface area contributed by atoms with Crippen molar-refractivity contribution in [3.8, 4) is 11.3 Å². The van der Waals surface area contributed by atoms with Gasteiger partial charge in [-0.25, -0.2) is 0 Å². The fraction of sp³-hybridized carbons (Fsp3) is 0.280. The normalized spacial score (nSPS) is 13.4. The molecule has 2 heterocycles. The minimum atomic E-state index is 0.0519. The minimum Gasteiger partial charge on any atom is -0.343 e. The lowest BCUT2D eigenvalue weighted by molar-refractivity contribution is -0.118. The molecule has 6 nitrogen and oxygen atoms in total. The van der Waals surface area contributed by atoms with Crippen LogP contribution in [0.25, 0.3) is 22.2 Å². The van der Waals surface area contributed by atoms with Gasteiger partial charge < -0.3 is 4.57 Å². The number of carbonyl (C=O) groups is 2. The molecule has 0 radical (unpaired) electrons. The molecule has 33 heavy (non-hydrogen) atoms. The Bertz CT molecular complexity index is 1320. The maximum absolute atomic E-state index is 13.5. The van der Waals surface area contributed by atoms with E-state index in [4.69, 9.17) is 0 Å². The van der Waals surface area contributed by atoms with Crippen LogP contribution in [-0.4, -0.2) is 38.2 Å². The zero-order valence-corrected chi connectivity index (χ0v) is 20.2. The Hall–Kier alpha value is -2.97. The Kier molecular flexibility index (Phi) is 6.03. The summed E-state index contributed by atoms with van der Waals surface area (Å²) in [7, 11) is 2.00. The van der Waals surface area contributed by atoms with Crippen molar-refractivity contribution in [3.63, 3.8) is 0 Å². The largest absolute Gasteiger partial charge is 0.343 e. The third kappa shape index (κ3) is 4.20. The van der Waals surface area contributed by atoms with Gasteiger partial charge in [0, 0.05) is 30.4 Å². The summed E-state index contributed by atoms with van der Waals surface area (Å²) in [6.45, 7) is 1.86. The van der Waals surface area contributed by atoms with Gasteiger partial charge in [0.2, 0.25) is 11.0 Å². The Morgan fingerprint density at radius 1 is 1.09 bits per heavy atom. The number of para-hydroxylation sites is 1. The lowest BCUT2D eigenvalue weighted by Crippen LogP contribution is -2.32. The topological polar surface area (TPSA) is 68.1 Å². The zero-order chi connectivity index (χ0) is 22.9. The van der Waals surface area contributed by atoms with E-state index in [0.29, 0.717) is 15.9 Å². The number of fused-ring (bicyclic) bond motifs is 1. The van der Waals surface area contributed by atoms with Crippen LogP contribution in [0.5, 0.6) is 0 Å². The maximum atomic E-state index is 13.5. The van der Waals surface area contributed by atoms with Crippen molar-refractivity contribution in [2.45, 2.75) is 36.6 Å². The van der Waals surface area contributed by atoms with Crippen LogP contribution in [-0.2, 0) is 11.8 Å². The predicted octanol–water partition coefficient (Wildman–Crippen LogP) is 5.58. The van der Waals surface area contributed by atoms with E-state index in [2.05, 4.69) is 14.8 Å².